The summed E-state index contributed by atoms with van der Waals surface area (Å²) < 4.78 is 11.0. The van der Waals surface area contributed by atoms with Gasteiger partial charge >= 0.3 is 0 Å². The minimum absolute atomic E-state index is 0.311. The number of hydrogen-bond donors (Lipinski definition) is 1. The number of benzene rings is 1. The molecule has 2 aliphatic heterocycles. The molecular weight excluding hydrogens is 304 g/mol. The highest BCUT2D eigenvalue weighted by Crippen LogP contribution is 2.36. The smallest absolute Gasteiger partial charge is 0.231 e. The van der Waals surface area contributed by atoms with Crippen LogP contribution in [0.1, 0.15) is 38.2 Å². The first kappa shape index (κ1) is 15.8. The van der Waals surface area contributed by atoms with Gasteiger partial charge in [0.25, 0.3) is 0 Å². The Labute approximate surface area is 143 Å². The SMILES string of the molecule is CC[C@@H]1CN(C(=O)C2CC2)CC[C@@H]1NCc1cccc2c1OCO2. The molecule has 24 heavy (non-hydrogen) atoms. The Kier molecular flexibility index (Phi) is 4.35. The number of carbonyl (C=O) groups is 1. The molecule has 2 fully saturated rings. The first-order valence-electron chi connectivity index (χ1n) is 9.16. The number of fused-ring (bicyclic) bond motifs is 1. The molecular formula is C19H26N2O3. The lowest BCUT2D eigenvalue weighted by molar-refractivity contribution is -0.134. The third-order valence-corrected chi connectivity index (χ3v) is 5.53. The van der Waals surface area contributed by atoms with Crippen molar-refractivity contribution in [2.24, 2.45) is 11.8 Å². The molecule has 0 aromatic heterocycles. The van der Waals surface area contributed by atoms with Gasteiger partial charge < -0.3 is 19.7 Å². The standard InChI is InChI=1S/C19H26N2O3/c1-2-13-11-21(19(22)14-6-7-14)9-8-16(13)20-10-15-4-3-5-17-18(15)24-12-23-17/h3-5,13-14,16,20H,2,6-12H2,1H3/t13-,16+/m1/s1. The Balaban J connectivity index is 1.36. The topological polar surface area (TPSA) is 50.8 Å². The van der Waals surface area contributed by atoms with E-state index in [0.717, 1.165) is 62.4 Å². The number of likely N-dealkylation sites (tertiary alicyclic amines) is 1. The zero-order chi connectivity index (χ0) is 16.5. The number of nitrogens with zero attached hydrogens (tertiary/aromatic N) is 1. The van der Waals surface area contributed by atoms with E-state index in [9.17, 15) is 4.79 Å². The zero-order valence-corrected chi connectivity index (χ0v) is 14.3. The lowest BCUT2D eigenvalue weighted by Gasteiger charge is -2.39. The molecule has 1 aromatic rings. The van der Waals surface area contributed by atoms with Gasteiger partial charge in [-0.25, -0.2) is 0 Å². The van der Waals surface area contributed by atoms with Crippen molar-refractivity contribution in [3.63, 3.8) is 0 Å². The fourth-order valence-electron chi connectivity index (χ4n) is 3.87. The van der Waals surface area contributed by atoms with Crippen LogP contribution in [0.15, 0.2) is 18.2 Å². The molecule has 4 rings (SSSR count). The van der Waals surface area contributed by atoms with Gasteiger partial charge in [-0.15, -0.1) is 0 Å². The van der Waals surface area contributed by atoms with E-state index >= 15 is 0 Å². The maximum Gasteiger partial charge on any atom is 0.231 e. The summed E-state index contributed by atoms with van der Waals surface area (Å²) in [6.07, 6.45) is 4.31. The summed E-state index contributed by atoms with van der Waals surface area (Å²) in [5.41, 5.74) is 1.15. The van der Waals surface area contributed by atoms with E-state index in [1.807, 2.05) is 12.1 Å². The first-order chi connectivity index (χ1) is 11.8. The van der Waals surface area contributed by atoms with Crippen molar-refractivity contribution in [2.45, 2.75) is 45.2 Å². The van der Waals surface area contributed by atoms with Crippen LogP contribution in [0.2, 0.25) is 0 Å². The Morgan fingerprint density at radius 3 is 2.96 bits per heavy atom. The molecule has 2 heterocycles. The van der Waals surface area contributed by atoms with E-state index in [1.54, 1.807) is 0 Å². The average Bonchev–Trinajstić information content (AvgIpc) is 3.36. The van der Waals surface area contributed by atoms with Crippen molar-refractivity contribution < 1.29 is 14.3 Å². The van der Waals surface area contributed by atoms with Crippen LogP contribution in [-0.2, 0) is 11.3 Å². The van der Waals surface area contributed by atoms with Crippen LogP contribution in [0.3, 0.4) is 0 Å². The molecule has 1 amide bonds. The third-order valence-electron chi connectivity index (χ3n) is 5.53. The van der Waals surface area contributed by atoms with E-state index in [1.165, 1.54) is 0 Å². The van der Waals surface area contributed by atoms with Crippen LogP contribution in [-0.4, -0.2) is 36.7 Å². The Morgan fingerprint density at radius 2 is 2.17 bits per heavy atom. The lowest BCUT2D eigenvalue weighted by atomic mass is 9.89. The van der Waals surface area contributed by atoms with Crippen LogP contribution < -0.4 is 14.8 Å². The minimum Gasteiger partial charge on any atom is -0.454 e. The molecule has 1 N–H and O–H groups in total. The van der Waals surface area contributed by atoms with E-state index < -0.39 is 0 Å². The van der Waals surface area contributed by atoms with Gasteiger partial charge in [0.2, 0.25) is 12.7 Å². The lowest BCUT2D eigenvalue weighted by Crippen LogP contribution is -2.51. The van der Waals surface area contributed by atoms with E-state index in [4.69, 9.17) is 9.47 Å². The first-order valence-corrected chi connectivity index (χ1v) is 9.16. The van der Waals surface area contributed by atoms with Crippen molar-refractivity contribution in [1.82, 2.24) is 10.2 Å². The molecule has 0 unspecified atom stereocenters. The fraction of sp³-hybridized carbons (Fsp3) is 0.632. The monoisotopic (exact) mass is 330 g/mol. The van der Waals surface area contributed by atoms with E-state index in [2.05, 4.69) is 23.2 Å². The van der Waals surface area contributed by atoms with E-state index in [0.29, 0.717) is 30.6 Å². The maximum absolute atomic E-state index is 12.3. The van der Waals surface area contributed by atoms with Gasteiger partial charge in [-0.3, -0.25) is 4.79 Å². The fourth-order valence-corrected chi connectivity index (χ4v) is 3.87. The summed E-state index contributed by atoms with van der Waals surface area (Å²) in [4.78, 5) is 14.4. The van der Waals surface area contributed by atoms with Crippen LogP contribution in [0.4, 0.5) is 0 Å². The quantitative estimate of drug-likeness (QED) is 0.901. The summed E-state index contributed by atoms with van der Waals surface area (Å²) in [5.74, 6) is 2.95. The zero-order valence-electron chi connectivity index (χ0n) is 14.3. The Hall–Kier alpha value is -1.75. The number of para-hydroxylation sites is 1. The van der Waals surface area contributed by atoms with Crippen molar-refractivity contribution in [2.75, 3.05) is 19.9 Å². The summed E-state index contributed by atoms with van der Waals surface area (Å²) in [6.45, 7) is 5.10. The molecule has 1 saturated carbocycles. The Morgan fingerprint density at radius 1 is 1.29 bits per heavy atom. The highest BCUT2D eigenvalue weighted by Gasteiger charge is 2.37. The number of amides is 1. The van der Waals surface area contributed by atoms with Crippen LogP contribution in [0.5, 0.6) is 11.5 Å². The predicted molar refractivity (Wildman–Crippen MR) is 90.9 cm³/mol. The molecule has 1 aliphatic carbocycles. The second-order valence-corrected chi connectivity index (χ2v) is 7.15. The number of hydrogen-bond acceptors (Lipinski definition) is 4. The number of rotatable bonds is 5. The van der Waals surface area contributed by atoms with Gasteiger partial charge in [0.05, 0.1) is 0 Å². The van der Waals surface area contributed by atoms with Crippen molar-refractivity contribution in [3.8, 4) is 11.5 Å². The second kappa shape index (κ2) is 6.63. The van der Waals surface area contributed by atoms with Gasteiger partial charge in [-0.05, 0) is 31.2 Å². The minimum atomic E-state index is 0.311. The van der Waals surface area contributed by atoms with Crippen LogP contribution in [0, 0.1) is 11.8 Å². The highest BCUT2D eigenvalue weighted by atomic mass is 16.7. The van der Waals surface area contributed by atoms with Gasteiger partial charge in [-0.2, -0.15) is 0 Å². The number of piperidine rings is 1. The maximum atomic E-state index is 12.3. The van der Waals surface area contributed by atoms with Crippen molar-refractivity contribution >= 4 is 5.91 Å². The van der Waals surface area contributed by atoms with Crippen molar-refractivity contribution in [1.29, 1.82) is 0 Å². The summed E-state index contributed by atoms with van der Waals surface area (Å²) >= 11 is 0. The second-order valence-electron chi connectivity index (χ2n) is 7.15. The molecule has 130 valence electrons. The average molecular weight is 330 g/mol. The molecule has 0 radical (unpaired) electrons. The molecule has 1 saturated heterocycles. The van der Waals surface area contributed by atoms with Gasteiger partial charge in [-0.1, -0.05) is 25.5 Å². The summed E-state index contributed by atoms with van der Waals surface area (Å²) in [6, 6.07) is 6.51. The number of nitrogens with one attached hydrogen (secondary N) is 1. The predicted octanol–water partition coefficient (Wildman–Crippen LogP) is 2.54. The van der Waals surface area contributed by atoms with Gasteiger partial charge in [0, 0.05) is 37.2 Å². The largest absolute Gasteiger partial charge is 0.454 e. The summed E-state index contributed by atoms with van der Waals surface area (Å²) in [7, 11) is 0. The third kappa shape index (κ3) is 3.09. The van der Waals surface area contributed by atoms with Crippen LogP contribution in [0.25, 0.3) is 0 Å². The number of carbonyl (C=O) groups excluding carboxylic acids is 1. The van der Waals surface area contributed by atoms with Crippen LogP contribution >= 0.6 is 0 Å². The molecule has 5 nitrogen and oxygen atoms in total. The van der Waals surface area contributed by atoms with E-state index in [-0.39, 0.29) is 0 Å². The molecule has 0 spiro atoms. The highest BCUT2D eigenvalue weighted by molar-refractivity contribution is 5.81. The molecule has 1 aromatic carbocycles. The molecule has 3 aliphatic rings. The van der Waals surface area contributed by atoms with Gasteiger partial charge in [0.15, 0.2) is 11.5 Å². The normalized spacial score (nSPS) is 25.8. The molecule has 2 atom stereocenters. The van der Waals surface area contributed by atoms with Gasteiger partial charge in [0.1, 0.15) is 0 Å². The Bertz CT molecular complexity index is 615. The molecule has 0 bridgehead atoms. The number of ether oxygens (including phenoxy) is 2. The van der Waals surface area contributed by atoms with Crippen molar-refractivity contribution in [3.05, 3.63) is 23.8 Å². The molecule has 5 heteroatoms. The summed E-state index contributed by atoms with van der Waals surface area (Å²) in [5, 5.41) is 3.70.